The van der Waals surface area contributed by atoms with Gasteiger partial charge >= 0.3 is 0 Å². The quantitative estimate of drug-likeness (QED) is 0.885. The summed E-state index contributed by atoms with van der Waals surface area (Å²) in [7, 11) is 0. The van der Waals surface area contributed by atoms with E-state index < -0.39 is 0 Å². The first-order valence-electron chi connectivity index (χ1n) is 6.88. The molecule has 3 rings (SSSR count). The van der Waals surface area contributed by atoms with E-state index in [0.717, 1.165) is 23.4 Å². The van der Waals surface area contributed by atoms with E-state index in [4.69, 9.17) is 16.3 Å². The summed E-state index contributed by atoms with van der Waals surface area (Å²) in [4.78, 5) is 4.16. The number of pyridine rings is 1. The third-order valence-corrected chi connectivity index (χ3v) is 3.50. The Balaban J connectivity index is 1.68. The van der Waals surface area contributed by atoms with Crippen molar-refractivity contribution in [2.45, 2.75) is 12.5 Å². The number of rotatable bonds is 3. The van der Waals surface area contributed by atoms with Crippen LogP contribution in [0.2, 0.25) is 5.02 Å². The molecule has 1 aromatic carbocycles. The summed E-state index contributed by atoms with van der Waals surface area (Å²) in [5.74, 6) is 6.90. The van der Waals surface area contributed by atoms with E-state index in [1.165, 1.54) is 6.42 Å². The Labute approximate surface area is 129 Å². The van der Waals surface area contributed by atoms with Crippen molar-refractivity contribution in [2.75, 3.05) is 13.2 Å². The van der Waals surface area contributed by atoms with Gasteiger partial charge in [-0.1, -0.05) is 29.5 Å². The van der Waals surface area contributed by atoms with Crippen LogP contribution in [0.3, 0.4) is 0 Å². The lowest BCUT2D eigenvalue weighted by atomic mass is 10.1. The molecular formula is C17H15ClN2O. The molecule has 0 spiro atoms. The van der Waals surface area contributed by atoms with Gasteiger partial charge in [-0.15, -0.1) is 0 Å². The summed E-state index contributed by atoms with van der Waals surface area (Å²) >= 11 is 5.94. The number of nitrogens with zero attached hydrogens (tertiary/aromatic N) is 1. The van der Waals surface area contributed by atoms with Crippen LogP contribution in [0.5, 0.6) is 5.75 Å². The van der Waals surface area contributed by atoms with Gasteiger partial charge in [0, 0.05) is 28.4 Å². The Hall–Kier alpha value is -2.02. The first kappa shape index (κ1) is 13.9. The van der Waals surface area contributed by atoms with Crippen molar-refractivity contribution < 1.29 is 4.74 Å². The average molecular weight is 299 g/mol. The van der Waals surface area contributed by atoms with Crippen LogP contribution >= 0.6 is 11.6 Å². The van der Waals surface area contributed by atoms with Crippen LogP contribution in [0.1, 0.15) is 17.5 Å². The van der Waals surface area contributed by atoms with Gasteiger partial charge in [-0.2, -0.15) is 0 Å². The minimum Gasteiger partial charge on any atom is -0.490 e. The van der Waals surface area contributed by atoms with Gasteiger partial charge < -0.3 is 10.1 Å². The highest BCUT2D eigenvalue weighted by Gasteiger charge is 2.16. The fraction of sp³-hybridized carbons (Fsp3) is 0.235. The summed E-state index contributed by atoms with van der Waals surface area (Å²) in [6, 6.07) is 9.85. The lowest BCUT2D eigenvalue weighted by molar-refractivity contribution is 0.217. The molecule has 1 aliphatic heterocycles. The second-order valence-electron chi connectivity index (χ2n) is 4.92. The summed E-state index contributed by atoms with van der Waals surface area (Å²) in [5, 5.41) is 3.98. The van der Waals surface area contributed by atoms with Gasteiger partial charge in [-0.05, 0) is 37.2 Å². The van der Waals surface area contributed by atoms with Gasteiger partial charge in [0.05, 0.1) is 6.20 Å². The van der Waals surface area contributed by atoms with Crippen LogP contribution in [0.25, 0.3) is 0 Å². The largest absolute Gasteiger partial charge is 0.490 e. The van der Waals surface area contributed by atoms with E-state index in [1.54, 1.807) is 12.4 Å². The zero-order valence-electron chi connectivity index (χ0n) is 11.5. The van der Waals surface area contributed by atoms with Crippen molar-refractivity contribution in [1.29, 1.82) is 0 Å². The van der Waals surface area contributed by atoms with E-state index >= 15 is 0 Å². The molecule has 0 radical (unpaired) electrons. The predicted molar refractivity (Wildman–Crippen MR) is 83.6 cm³/mol. The first-order chi connectivity index (χ1) is 10.3. The van der Waals surface area contributed by atoms with Crippen molar-refractivity contribution >= 4 is 11.6 Å². The van der Waals surface area contributed by atoms with Crippen LogP contribution in [-0.2, 0) is 0 Å². The lowest BCUT2D eigenvalue weighted by Gasteiger charge is -2.27. The molecule has 4 heteroatoms. The highest BCUT2D eigenvalue weighted by Crippen LogP contribution is 2.13. The molecule has 3 nitrogen and oxygen atoms in total. The number of hydrogen-bond donors (Lipinski definition) is 1. The monoisotopic (exact) mass is 298 g/mol. The number of halogens is 1. The molecular weight excluding hydrogens is 284 g/mol. The van der Waals surface area contributed by atoms with Crippen LogP contribution in [0, 0.1) is 11.8 Å². The zero-order valence-corrected chi connectivity index (χ0v) is 12.2. The van der Waals surface area contributed by atoms with Crippen molar-refractivity contribution in [3.05, 3.63) is 58.9 Å². The molecule has 0 unspecified atom stereocenters. The molecule has 1 aliphatic rings. The van der Waals surface area contributed by atoms with Crippen molar-refractivity contribution in [3.63, 3.8) is 0 Å². The van der Waals surface area contributed by atoms with E-state index in [-0.39, 0.29) is 0 Å². The molecule has 21 heavy (non-hydrogen) atoms. The number of ether oxygens (including phenoxy) is 1. The Morgan fingerprint density at radius 2 is 2.10 bits per heavy atom. The minimum atomic E-state index is 0.464. The average Bonchev–Trinajstić information content (AvgIpc) is 2.44. The molecule has 0 bridgehead atoms. The molecule has 1 saturated heterocycles. The molecule has 106 valence electrons. The summed E-state index contributed by atoms with van der Waals surface area (Å²) in [6.07, 6.45) is 4.61. The van der Waals surface area contributed by atoms with Gasteiger partial charge in [0.15, 0.2) is 0 Å². The third-order valence-electron chi connectivity index (χ3n) is 3.27. The maximum Gasteiger partial charge on any atom is 0.138 e. The SMILES string of the molecule is Clc1cccc(C#Cc2cncc(OC[C@@H]3CCN3)c2)c1. The smallest absolute Gasteiger partial charge is 0.138 e. The van der Waals surface area contributed by atoms with Crippen LogP contribution < -0.4 is 10.1 Å². The number of aromatic nitrogens is 1. The Morgan fingerprint density at radius 3 is 2.86 bits per heavy atom. The molecule has 2 heterocycles. The fourth-order valence-electron chi connectivity index (χ4n) is 1.96. The Morgan fingerprint density at radius 1 is 1.24 bits per heavy atom. The van der Waals surface area contributed by atoms with Crippen molar-refractivity contribution in [1.82, 2.24) is 10.3 Å². The third kappa shape index (κ3) is 3.98. The van der Waals surface area contributed by atoms with E-state index in [2.05, 4.69) is 22.1 Å². The molecule has 0 aliphatic carbocycles. The molecule has 1 atom stereocenters. The maximum atomic E-state index is 5.94. The molecule has 0 amide bonds. The summed E-state index contributed by atoms with van der Waals surface area (Å²) < 4.78 is 5.71. The van der Waals surface area contributed by atoms with Crippen LogP contribution in [0.15, 0.2) is 42.7 Å². The zero-order chi connectivity index (χ0) is 14.5. The van der Waals surface area contributed by atoms with Crippen LogP contribution in [0.4, 0.5) is 0 Å². The normalized spacial score (nSPS) is 16.5. The number of hydrogen-bond acceptors (Lipinski definition) is 3. The number of benzene rings is 1. The first-order valence-corrected chi connectivity index (χ1v) is 7.26. The standard InChI is InChI=1S/C17H15ClN2O/c18-15-3-1-2-13(8-15)4-5-14-9-17(11-19-10-14)21-12-16-6-7-20-16/h1-3,8-11,16,20H,6-7,12H2/t16-/m0/s1. The van der Waals surface area contributed by atoms with E-state index in [1.807, 2.05) is 30.3 Å². The van der Waals surface area contributed by atoms with Gasteiger partial charge in [0.2, 0.25) is 0 Å². The van der Waals surface area contributed by atoms with Gasteiger partial charge in [0.1, 0.15) is 12.4 Å². The highest BCUT2D eigenvalue weighted by atomic mass is 35.5. The number of nitrogens with one attached hydrogen (secondary N) is 1. The fourth-order valence-corrected chi connectivity index (χ4v) is 2.15. The van der Waals surface area contributed by atoms with Crippen molar-refractivity contribution in [3.8, 4) is 17.6 Å². The van der Waals surface area contributed by atoms with Crippen molar-refractivity contribution in [2.24, 2.45) is 0 Å². The second-order valence-corrected chi connectivity index (χ2v) is 5.36. The molecule has 0 saturated carbocycles. The van der Waals surface area contributed by atoms with Gasteiger partial charge in [-0.3, -0.25) is 4.98 Å². The minimum absolute atomic E-state index is 0.464. The summed E-state index contributed by atoms with van der Waals surface area (Å²) in [6.45, 7) is 1.75. The molecule has 1 fully saturated rings. The Kier molecular flexibility index (Phi) is 4.40. The molecule has 1 aromatic heterocycles. The van der Waals surface area contributed by atoms with Gasteiger partial charge in [0.25, 0.3) is 0 Å². The second kappa shape index (κ2) is 6.62. The maximum absolute atomic E-state index is 5.94. The van der Waals surface area contributed by atoms with Gasteiger partial charge in [-0.25, -0.2) is 0 Å². The highest BCUT2D eigenvalue weighted by molar-refractivity contribution is 6.30. The molecule has 2 aromatic rings. The van der Waals surface area contributed by atoms with E-state index in [9.17, 15) is 0 Å². The van der Waals surface area contributed by atoms with Crippen LogP contribution in [-0.4, -0.2) is 24.2 Å². The molecule has 1 N–H and O–H groups in total. The van der Waals surface area contributed by atoms with E-state index in [0.29, 0.717) is 17.7 Å². The summed E-state index contributed by atoms with van der Waals surface area (Å²) in [5.41, 5.74) is 1.71. The Bertz CT molecular complexity index is 686. The topological polar surface area (TPSA) is 34.1 Å². The predicted octanol–water partition coefficient (Wildman–Crippen LogP) is 2.88. The lowest BCUT2D eigenvalue weighted by Crippen LogP contribution is -2.46.